The Balaban J connectivity index is 1.99. The third-order valence-corrected chi connectivity index (χ3v) is 5.33. The number of ether oxygens (including phenoxy) is 1. The lowest BCUT2D eigenvalue weighted by Crippen LogP contribution is -2.58. The molecule has 3 rings (SSSR count). The Morgan fingerprint density at radius 1 is 1.14 bits per heavy atom. The summed E-state index contributed by atoms with van der Waals surface area (Å²) < 4.78 is 7.80. The second kappa shape index (κ2) is 6.11. The fraction of sp³-hybridized carbons (Fsp3) is 0.294. The van der Waals surface area contributed by atoms with Crippen LogP contribution in [-0.2, 0) is 11.8 Å². The van der Waals surface area contributed by atoms with Crippen LogP contribution in [0.25, 0.3) is 0 Å². The molecule has 21 heavy (non-hydrogen) atoms. The fourth-order valence-corrected chi connectivity index (χ4v) is 4.09. The highest BCUT2D eigenvalue weighted by atomic mass is 79.9. The molecule has 0 saturated carbocycles. The molecule has 2 aromatic carbocycles. The smallest absolute Gasteiger partial charge is 0.122 e. The summed E-state index contributed by atoms with van der Waals surface area (Å²) in [6.07, 6.45) is 0.964. The van der Waals surface area contributed by atoms with Gasteiger partial charge in [-0.3, -0.25) is 0 Å². The van der Waals surface area contributed by atoms with Crippen molar-refractivity contribution in [3.63, 3.8) is 0 Å². The molecule has 2 nitrogen and oxygen atoms in total. The Morgan fingerprint density at radius 2 is 1.90 bits per heavy atom. The fourth-order valence-electron chi connectivity index (χ4n) is 2.98. The monoisotopic (exact) mass is 409 g/mol. The molecule has 0 unspecified atom stereocenters. The minimum Gasteiger partial charge on any atom is -0.496 e. The molecule has 0 radical (unpaired) electrons. The molecule has 1 aliphatic rings. The van der Waals surface area contributed by atoms with Gasteiger partial charge in [0.05, 0.1) is 7.11 Å². The van der Waals surface area contributed by atoms with Crippen molar-refractivity contribution < 1.29 is 4.74 Å². The highest BCUT2D eigenvalue weighted by Crippen LogP contribution is 2.39. The maximum Gasteiger partial charge on any atom is 0.122 e. The molecule has 2 aromatic rings. The van der Waals surface area contributed by atoms with Crippen LogP contribution in [0.3, 0.4) is 0 Å². The Morgan fingerprint density at radius 3 is 2.52 bits per heavy atom. The number of nitrogens with one attached hydrogen (secondary N) is 1. The zero-order chi connectivity index (χ0) is 14.9. The van der Waals surface area contributed by atoms with E-state index >= 15 is 0 Å². The lowest BCUT2D eigenvalue weighted by molar-refractivity contribution is 0.270. The van der Waals surface area contributed by atoms with Gasteiger partial charge >= 0.3 is 0 Å². The average molecular weight is 411 g/mol. The summed E-state index contributed by atoms with van der Waals surface area (Å²) in [5, 5.41) is 3.43. The lowest BCUT2D eigenvalue weighted by Gasteiger charge is -2.44. The number of halogens is 2. The van der Waals surface area contributed by atoms with Gasteiger partial charge in [0.15, 0.2) is 0 Å². The van der Waals surface area contributed by atoms with E-state index in [0.29, 0.717) is 0 Å². The van der Waals surface area contributed by atoms with Gasteiger partial charge < -0.3 is 10.1 Å². The number of rotatable bonds is 4. The van der Waals surface area contributed by atoms with Gasteiger partial charge in [0.2, 0.25) is 0 Å². The molecule has 1 N–H and O–H groups in total. The Bertz CT molecular complexity index is 653. The third kappa shape index (κ3) is 2.89. The van der Waals surface area contributed by atoms with Crippen LogP contribution in [0.15, 0.2) is 51.4 Å². The van der Waals surface area contributed by atoms with Crippen LogP contribution in [0.2, 0.25) is 0 Å². The zero-order valence-electron chi connectivity index (χ0n) is 11.8. The van der Waals surface area contributed by atoms with E-state index in [1.165, 1.54) is 15.6 Å². The maximum absolute atomic E-state index is 5.53. The predicted octanol–water partition coefficient (Wildman–Crippen LogP) is 4.30. The van der Waals surface area contributed by atoms with Crippen molar-refractivity contribution in [3.05, 3.63) is 62.5 Å². The average Bonchev–Trinajstić information content (AvgIpc) is 2.44. The van der Waals surface area contributed by atoms with Crippen LogP contribution in [0.1, 0.15) is 11.1 Å². The van der Waals surface area contributed by atoms with Crippen molar-refractivity contribution in [1.29, 1.82) is 0 Å². The number of benzene rings is 2. The van der Waals surface area contributed by atoms with Crippen molar-refractivity contribution in [2.24, 2.45) is 0 Å². The van der Waals surface area contributed by atoms with Gasteiger partial charge in [0.25, 0.3) is 0 Å². The van der Waals surface area contributed by atoms with Crippen molar-refractivity contribution in [3.8, 4) is 5.75 Å². The van der Waals surface area contributed by atoms with Gasteiger partial charge in [-0.1, -0.05) is 50.1 Å². The molecule has 0 atom stereocenters. The predicted molar refractivity (Wildman–Crippen MR) is 93.1 cm³/mol. The van der Waals surface area contributed by atoms with Crippen LogP contribution in [0, 0.1) is 0 Å². The quantitative estimate of drug-likeness (QED) is 0.810. The van der Waals surface area contributed by atoms with Crippen LogP contribution in [0.5, 0.6) is 5.75 Å². The number of hydrogen-bond donors (Lipinski definition) is 1. The SMILES string of the molecule is COc1ccc(Br)cc1CC1(c2ccccc2Br)CNC1. The third-order valence-electron chi connectivity index (χ3n) is 4.14. The van der Waals surface area contributed by atoms with E-state index in [1.807, 2.05) is 12.1 Å². The van der Waals surface area contributed by atoms with E-state index in [2.05, 4.69) is 67.5 Å². The second-order valence-electron chi connectivity index (χ2n) is 5.50. The molecule has 0 aromatic heterocycles. The molecule has 0 aliphatic carbocycles. The largest absolute Gasteiger partial charge is 0.496 e. The molecule has 0 spiro atoms. The molecular weight excluding hydrogens is 394 g/mol. The first-order valence-electron chi connectivity index (χ1n) is 6.93. The topological polar surface area (TPSA) is 21.3 Å². The first-order chi connectivity index (χ1) is 10.1. The molecule has 1 saturated heterocycles. The molecule has 1 heterocycles. The zero-order valence-corrected chi connectivity index (χ0v) is 15.0. The number of methoxy groups -OCH3 is 1. The Hall–Kier alpha value is -0.840. The summed E-state index contributed by atoms with van der Waals surface area (Å²) in [6, 6.07) is 14.7. The van der Waals surface area contributed by atoms with Crippen LogP contribution >= 0.6 is 31.9 Å². The molecule has 4 heteroatoms. The molecule has 1 aliphatic heterocycles. The van der Waals surface area contributed by atoms with Gasteiger partial charge in [-0.15, -0.1) is 0 Å². The first-order valence-corrected chi connectivity index (χ1v) is 8.51. The van der Waals surface area contributed by atoms with E-state index in [0.717, 1.165) is 29.7 Å². The van der Waals surface area contributed by atoms with Gasteiger partial charge in [0.1, 0.15) is 5.75 Å². The summed E-state index contributed by atoms with van der Waals surface area (Å²) in [4.78, 5) is 0. The molecule has 1 fully saturated rings. The van der Waals surface area contributed by atoms with E-state index in [4.69, 9.17) is 4.74 Å². The standard InChI is InChI=1S/C17H17Br2NO/c1-21-16-7-6-13(18)8-12(16)9-17(10-20-11-17)14-4-2-3-5-15(14)19/h2-8,20H,9-11H2,1H3. The first kappa shape index (κ1) is 15.1. The van der Waals surface area contributed by atoms with Crippen LogP contribution in [0.4, 0.5) is 0 Å². The summed E-state index contributed by atoms with van der Waals surface area (Å²) in [5.41, 5.74) is 2.74. The van der Waals surface area contributed by atoms with E-state index < -0.39 is 0 Å². The van der Waals surface area contributed by atoms with Gasteiger partial charge in [-0.25, -0.2) is 0 Å². The molecule has 0 amide bonds. The van der Waals surface area contributed by atoms with E-state index in [9.17, 15) is 0 Å². The van der Waals surface area contributed by atoms with Gasteiger partial charge in [-0.2, -0.15) is 0 Å². The lowest BCUT2D eigenvalue weighted by atomic mass is 9.71. The van der Waals surface area contributed by atoms with Crippen LogP contribution in [-0.4, -0.2) is 20.2 Å². The molecular formula is C17H17Br2NO. The Labute approximate surface area is 142 Å². The summed E-state index contributed by atoms with van der Waals surface area (Å²) >= 11 is 7.27. The van der Waals surface area contributed by atoms with Crippen molar-refractivity contribution >= 4 is 31.9 Å². The minimum atomic E-state index is 0.133. The Kier molecular flexibility index (Phi) is 4.38. The molecule has 0 bridgehead atoms. The van der Waals surface area contributed by atoms with Crippen molar-refractivity contribution in [2.75, 3.05) is 20.2 Å². The van der Waals surface area contributed by atoms with Crippen LogP contribution < -0.4 is 10.1 Å². The summed E-state index contributed by atoms with van der Waals surface area (Å²) in [5.74, 6) is 0.955. The maximum atomic E-state index is 5.53. The molecule has 110 valence electrons. The summed E-state index contributed by atoms with van der Waals surface area (Å²) in [6.45, 7) is 1.98. The van der Waals surface area contributed by atoms with Crippen molar-refractivity contribution in [1.82, 2.24) is 5.32 Å². The van der Waals surface area contributed by atoms with Crippen molar-refractivity contribution in [2.45, 2.75) is 11.8 Å². The van der Waals surface area contributed by atoms with Gasteiger partial charge in [-0.05, 0) is 41.8 Å². The van der Waals surface area contributed by atoms with Gasteiger partial charge in [0, 0.05) is 27.4 Å². The highest BCUT2D eigenvalue weighted by molar-refractivity contribution is 9.10. The normalized spacial score (nSPS) is 16.3. The van der Waals surface area contributed by atoms with E-state index in [-0.39, 0.29) is 5.41 Å². The summed E-state index contributed by atoms with van der Waals surface area (Å²) in [7, 11) is 1.73. The second-order valence-corrected chi connectivity index (χ2v) is 7.27. The highest BCUT2D eigenvalue weighted by Gasteiger charge is 2.40. The minimum absolute atomic E-state index is 0.133. The number of hydrogen-bond acceptors (Lipinski definition) is 2. The van der Waals surface area contributed by atoms with E-state index in [1.54, 1.807) is 7.11 Å².